The van der Waals surface area contributed by atoms with E-state index in [0.29, 0.717) is 0 Å². The van der Waals surface area contributed by atoms with E-state index in [-0.39, 0.29) is 12.8 Å². The standard InChI is InChI=1S/C10H15NO5/c1-4-8(12)11(2)7(10(15)16-3)5-6-9(13)14/h4,7H,1,5-6H2,2-3H3,(H,13,14)/t7-/m0/s1. The molecule has 0 aliphatic rings. The maximum atomic E-state index is 11.3. The van der Waals surface area contributed by atoms with E-state index in [0.717, 1.165) is 11.0 Å². The molecule has 0 heterocycles. The number of rotatable bonds is 6. The number of ether oxygens (including phenoxy) is 1. The maximum Gasteiger partial charge on any atom is 0.328 e. The number of methoxy groups -OCH3 is 1. The molecule has 6 heteroatoms. The largest absolute Gasteiger partial charge is 0.481 e. The lowest BCUT2D eigenvalue weighted by molar-refractivity contribution is -0.151. The van der Waals surface area contributed by atoms with Crippen LogP contribution < -0.4 is 0 Å². The highest BCUT2D eigenvalue weighted by Gasteiger charge is 2.26. The Labute approximate surface area is 93.5 Å². The van der Waals surface area contributed by atoms with Crippen LogP contribution in [0, 0.1) is 0 Å². The minimum absolute atomic E-state index is 0.0120. The Morgan fingerprint density at radius 1 is 1.50 bits per heavy atom. The molecule has 90 valence electrons. The molecule has 0 unspecified atom stereocenters. The molecule has 1 amide bonds. The number of hydrogen-bond acceptors (Lipinski definition) is 4. The number of nitrogens with zero attached hydrogens (tertiary/aromatic N) is 1. The number of amides is 1. The van der Waals surface area contributed by atoms with Gasteiger partial charge in [0, 0.05) is 13.5 Å². The van der Waals surface area contributed by atoms with Crippen molar-refractivity contribution in [2.24, 2.45) is 0 Å². The first-order valence-electron chi connectivity index (χ1n) is 4.62. The number of carbonyl (C=O) groups excluding carboxylic acids is 2. The van der Waals surface area contributed by atoms with Crippen LogP contribution in [0.5, 0.6) is 0 Å². The highest BCUT2D eigenvalue weighted by Crippen LogP contribution is 2.08. The van der Waals surface area contributed by atoms with Crippen molar-refractivity contribution < 1.29 is 24.2 Å². The summed E-state index contributed by atoms with van der Waals surface area (Å²) in [5.41, 5.74) is 0. The summed E-state index contributed by atoms with van der Waals surface area (Å²) < 4.78 is 4.50. The number of likely N-dealkylation sites (N-methyl/N-ethyl adjacent to an activating group) is 1. The zero-order valence-electron chi connectivity index (χ0n) is 9.30. The predicted molar refractivity (Wildman–Crippen MR) is 55.6 cm³/mol. The number of esters is 1. The molecule has 6 nitrogen and oxygen atoms in total. The average Bonchev–Trinajstić information content (AvgIpc) is 2.26. The molecular formula is C10H15NO5. The van der Waals surface area contributed by atoms with Crippen LogP contribution in [0.15, 0.2) is 12.7 Å². The van der Waals surface area contributed by atoms with E-state index in [9.17, 15) is 14.4 Å². The van der Waals surface area contributed by atoms with E-state index in [1.807, 2.05) is 0 Å². The summed E-state index contributed by atoms with van der Waals surface area (Å²) in [5.74, 6) is -2.13. The summed E-state index contributed by atoms with van der Waals surface area (Å²) >= 11 is 0. The van der Waals surface area contributed by atoms with Crippen molar-refractivity contribution >= 4 is 17.8 Å². The molecule has 0 spiro atoms. The van der Waals surface area contributed by atoms with E-state index in [1.165, 1.54) is 14.2 Å². The average molecular weight is 229 g/mol. The predicted octanol–water partition coefficient (Wildman–Crippen LogP) is 0.0372. The van der Waals surface area contributed by atoms with Crippen LogP contribution in [0.25, 0.3) is 0 Å². The molecule has 0 aromatic heterocycles. The first kappa shape index (κ1) is 14.2. The van der Waals surface area contributed by atoms with E-state index >= 15 is 0 Å². The quantitative estimate of drug-likeness (QED) is 0.513. The third-order valence-electron chi connectivity index (χ3n) is 2.09. The number of carboxylic acids is 1. The van der Waals surface area contributed by atoms with Gasteiger partial charge in [-0.2, -0.15) is 0 Å². The third-order valence-corrected chi connectivity index (χ3v) is 2.09. The molecule has 0 aromatic carbocycles. The van der Waals surface area contributed by atoms with E-state index in [4.69, 9.17) is 5.11 Å². The summed E-state index contributed by atoms with van der Waals surface area (Å²) in [6.07, 6.45) is 0.851. The Bertz CT molecular complexity index is 300. The Hall–Kier alpha value is -1.85. The van der Waals surface area contributed by atoms with E-state index in [1.54, 1.807) is 0 Å². The molecule has 0 fully saturated rings. The Kier molecular flexibility index (Phi) is 5.84. The Morgan fingerprint density at radius 2 is 2.06 bits per heavy atom. The van der Waals surface area contributed by atoms with Crippen LogP contribution in [0.3, 0.4) is 0 Å². The highest BCUT2D eigenvalue weighted by atomic mass is 16.5. The number of hydrogen-bond donors (Lipinski definition) is 1. The summed E-state index contributed by atoms with van der Waals surface area (Å²) in [4.78, 5) is 34.1. The topological polar surface area (TPSA) is 83.9 Å². The lowest BCUT2D eigenvalue weighted by atomic mass is 10.1. The summed E-state index contributed by atoms with van der Waals surface area (Å²) in [5, 5.41) is 8.52. The first-order chi connectivity index (χ1) is 7.43. The number of aliphatic carboxylic acids is 1. The van der Waals surface area contributed by atoms with Crippen LogP contribution in [0.2, 0.25) is 0 Å². The van der Waals surface area contributed by atoms with Gasteiger partial charge in [0.15, 0.2) is 0 Å². The van der Waals surface area contributed by atoms with E-state index in [2.05, 4.69) is 11.3 Å². The minimum atomic E-state index is -1.03. The van der Waals surface area contributed by atoms with Gasteiger partial charge in [0.25, 0.3) is 0 Å². The fourth-order valence-corrected chi connectivity index (χ4v) is 1.16. The van der Waals surface area contributed by atoms with Crippen LogP contribution in [-0.4, -0.2) is 48.1 Å². The monoisotopic (exact) mass is 229 g/mol. The molecule has 0 radical (unpaired) electrons. The first-order valence-corrected chi connectivity index (χ1v) is 4.62. The fourth-order valence-electron chi connectivity index (χ4n) is 1.16. The van der Waals surface area contributed by atoms with Gasteiger partial charge in [0.05, 0.1) is 7.11 Å². The Morgan fingerprint density at radius 3 is 2.44 bits per heavy atom. The molecular weight excluding hydrogens is 214 g/mol. The lowest BCUT2D eigenvalue weighted by Crippen LogP contribution is -2.42. The molecule has 16 heavy (non-hydrogen) atoms. The summed E-state index contributed by atoms with van der Waals surface area (Å²) in [7, 11) is 2.58. The van der Waals surface area contributed by atoms with Gasteiger partial charge in [-0.05, 0) is 12.5 Å². The van der Waals surface area contributed by atoms with E-state index < -0.39 is 23.9 Å². The molecule has 0 bridgehead atoms. The van der Waals surface area contributed by atoms with Gasteiger partial charge < -0.3 is 14.7 Å². The smallest absolute Gasteiger partial charge is 0.328 e. The van der Waals surface area contributed by atoms with Crippen molar-refractivity contribution in [2.75, 3.05) is 14.2 Å². The van der Waals surface area contributed by atoms with Crippen molar-refractivity contribution in [3.63, 3.8) is 0 Å². The normalized spacial score (nSPS) is 11.4. The lowest BCUT2D eigenvalue weighted by Gasteiger charge is -2.24. The van der Waals surface area contributed by atoms with Gasteiger partial charge in [-0.3, -0.25) is 9.59 Å². The second-order valence-corrected chi connectivity index (χ2v) is 3.12. The van der Waals surface area contributed by atoms with Crippen molar-refractivity contribution in [1.82, 2.24) is 4.90 Å². The van der Waals surface area contributed by atoms with Crippen molar-refractivity contribution in [1.29, 1.82) is 0 Å². The van der Waals surface area contributed by atoms with Crippen molar-refractivity contribution in [2.45, 2.75) is 18.9 Å². The zero-order chi connectivity index (χ0) is 12.7. The second kappa shape index (κ2) is 6.60. The third kappa shape index (κ3) is 4.12. The molecule has 0 saturated carbocycles. The van der Waals surface area contributed by atoms with Gasteiger partial charge in [0.1, 0.15) is 6.04 Å². The van der Waals surface area contributed by atoms with Crippen LogP contribution >= 0.6 is 0 Å². The number of carbonyl (C=O) groups is 3. The van der Waals surface area contributed by atoms with Crippen LogP contribution in [0.1, 0.15) is 12.8 Å². The zero-order valence-corrected chi connectivity index (χ0v) is 9.30. The van der Waals surface area contributed by atoms with Gasteiger partial charge in [-0.25, -0.2) is 4.79 Å². The summed E-state index contributed by atoms with van der Waals surface area (Å²) in [6.45, 7) is 3.28. The second-order valence-electron chi connectivity index (χ2n) is 3.12. The minimum Gasteiger partial charge on any atom is -0.481 e. The molecule has 1 N–H and O–H groups in total. The van der Waals surface area contributed by atoms with Gasteiger partial charge in [-0.1, -0.05) is 6.58 Å². The molecule has 1 atom stereocenters. The molecule has 0 aromatic rings. The van der Waals surface area contributed by atoms with Crippen LogP contribution in [-0.2, 0) is 19.1 Å². The Balaban J connectivity index is 4.65. The summed E-state index contributed by atoms with van der Waals surface area (Å²) in [6, 6.07) is -0.897. The van der Waals surface area contributed by atoms with Gasteiger partial charge >= 0.3 is 11.9 Å². The van der Waals surface area contributed by atoms with Crippen molar-refractivity contribution in [3.8, 4) is 0 Å². The molecule has 0 rings (SSSR count). The molecule has 0 aliphatic heterocycles. The SMILES string of the molecule is C=CC(=O)N(C)[C@@H](CCC(=O)O)C(=O)OC. The van der Waals surface area contributed by atoms with Crippen LogP contribution in [0.4, 0.5) is 0 Å². The number of carboxylic acid groups (broad SMARTS) is 1. The van der Waals surface area contributed by atoms with Crippen molar-refractivity contribution in [3.05, 3.63) is 12.7 Å². The fraction of sp³-hybridized carbons (Fsp3) is 0.500. The highest BCUT2D eigenvalue weighted by molar-refractivity contribution is 5.91. The molecule has 0 saturated heterocycles. The van der Waals surface area contributed by atoms with Gasteiger partial charge in [-0.15, -0.1) is 0 Å². The maximum absolute atomic E-state index is 11.3. The molecule has 0 aliphatic carbocycles. The van der Waals surface area contributed by atoms with Gasteiger partial charge in [0.2, 0.25) is 5.91 Å².